The van der Waals surface area contributed by atoms with Gasteiger partial charge < -0.3 is 40.0 Å². The fraction of sp³-hybridized carbons (Fsp3) is 0.146. The van der Waals surface area contributed by atoms with Gasteiger partial charge in [0.15, 0.2) is 11.5 Å². The molecule has 1 aliphatic heterocycles. The van der Waals surface area contributed by atoms with E-state index in [1.54, 1.807) is 4.90 Å². The lowest BCUT2D eigenvalue weighted by Crippen LogP contribution is -2.37. The molecular formula is C41H36N10O17S4. The first-order valence-electron chi connectivity index (χ1n) is 20.2. The van der Waals surface area contributed by atoms with Gasteiger partial charge in [-0.15, -0.1) is 20.5 Å². The summed E-state index contributed by atoms with van der Waals surface area (Å²) in [6.07, 6.45) is 0. The van der Waals surface area contributed by atoms with Gasteiger partial charge in [-0.3, -0.25) is 18.2 Å². The zero-order chi connectivity index (χ0) is 51.9. The third kappa shape index (κ3) is 10.9. The van der Waals surface area contributed by atoms with Gasteiger partial charge in [-0.2, -0.15) is 48.6 Å². The minimum Gasteiger partial charge on any atom is -0.505 e. The molecule has 0 atom stereocenters. The maximum Gasteiger partial charge on any atom is 0.296 e. The van der Waals surface area contributed by atoms with E-state index in [1.165, 1.54) is 62.8 Å². The topological polar surface area (TPSA) is 401 Å². The van der Waals surface area contributed by atoms with Gasteiger partial charge in [0.2, 0.25) is 17.8 Å². The van der Waals surface area contributed by atoms with E-state index in [1.807, 2.05) is 0 Å². The number of rotatable bonds is 15. The van der Waals surface area contributed by atoms with Crippen LogP contribution in [-0.2, 0) is 45.2 Å². The molecule has 0 amide bonds. The number of fused-ring (bicyclic) bond motifs is 2. The maximum atomic E-state index is 12.7. The Balaban J connectivity index is 1.14. The fourth-order valence-electron chi connectivity index (χ4n) is 7.11. The summed E-state index contributed by atoms with van der Waals surface area (Å²) in [5.74, 6) is -1.51. The third-order valence-corrected chi connectivity index (χ3v) is 14.0. The zero-order valence-corrected chi connectivity index (χ0v) is 40.1. The molecule has 0 spiro atoms. The van der Waals surface area contributed by atoms with Crippen molar-refractivity contribution in [2.75, 3.05) is 56.1 Å². The summed E-state index contributed by atoms with van der Waals surface area (Å²) in [6.45, 7) is 1.40. The van der Waals surface area contributed by atoms with Crippen LogP contribution < -0.4 is 25.0 Å². The first-order valence-corrected chi connectivity index (χ1v) is 26.0. The quantitative estimate of drug-likeness (QED) is 0.0389. The number of methoxy groups -OCH3 is 2. The van der Waals surface area contributed by atoms with E-state index in [4.69, 9.17) is 14.2 Å². The number of azo groups is 2. The molecule has 27 nitrogen and oxygen atoms in total. The molecule has 72 heavy (non-hydrogen) atoms. The number of benzene rings is 6. The van der Waals surface area contributed by atoms with E-state index in [9.17, 15) is 62.1 Å². The number of phenolic OH excluding ortho intramolecular Hbond substituents is 2. The van der Waals surface area contributed by atoms with Crippen LogP contribution in [-0.4, -0.2) is 118 Å². The molecule has 8 rings (SSSR count). The summed E-state index contributed by atoms with van der Waals surface area (Å²) in [5, 5.41) is 43.6. The Labute approximate surface area is 407 Å². The van der Waals surface area contributed by atoms with Crippen LogP contribution in [0.1, 0.15) is 0 Å². The molecule has 1 aliphatic rings. The molecule has 31 heteroatoms. The summed E-state index contributed by atoms with van der Waals surface area (Å²) in [5.41, 5.74) is -2.03. The molecule has 0 unspecified atom stereocenters. The van der Waals surface area contributed by atoms with Crippen molar-refractivity contribution in [3.05, 3.63) is 84.9 Å². The Bertz CT molecular complexity index is 3640. The van der Waals surface area contributed by atoms with Crippen molar-refractivity contribution in [1.29, 1.82) is 0 Å². The van der Waals surface area contributed by atoms with Crippen molar-refractivity contribution in [3.8, 4) is 23.0 Å². The van der Waals surface area contributed by atoms with Gasteiger partial charge in [-0.1, -0.05) is 0 Å². The average molecular weight is 1070 g/mol. The smallest absolute Gasteiger partial charge is 0.296 e. The van der Waals surface area contributed by atoms with Gasteiger partial charge >= 0.3 is 0 Å². The van der Waals surface area contributed by atoms with E-state index in [0.717, 1.165) is 36.4 Å². The van der Waals surface area contributed by atoms with Gasteiger partial charge in [-0.05, 0) is 83.6 Å². The Hall–Kier alpha value is -7.75. The molecule has 1 saturated heterocycles. The number of hydrogen-bond acceptors (Lipinski definition) is 23. The number of hydrogen-bond donors (Lipinski definition) is 8. The molecular weight excluding hydrogens is 1030 g/mol. The second-order valence-corrected chi connectivity index (χ2v) is 20.7. The van der Waals surface area contributed by atoms with E-state index < -0.39 is 94.3 Å². The lowest BCUT2D eigenvalue weighted by Gasteiger charge is -2.27. The van der Waals surface area contributed by atoms with Gasteiger partial charge in [0.1, 0.15) is 53.8 Å². The zero-order valence-electron chi connectivity index (χ0n) is 36.8. The molecule has 2 heterocycles. The van der Waals surface area contributed by atoms with E-state index >= 15 is 0 Å². The highest BCUT2D eigenvalue weighted by Gasteiger charge is 2.26. The van der Waals surface area contributed by atoms with Crippen LogP contribution in [0.3, 0.4) is 0 Å². The predicted molar refractivity (Wildman–Crippen MR) is 254 cm³/mol. The number of nitrogens with one attached hydrogen (secondary N) is 2. The Morgan fingerprint density at radius 1 is 0.528 bits per heavy atom. The molecule has 376 valence electrons. The highest BCUT2D eigenvalue weighted by molar-refractivity contribution is 7.86. The van der Waals surface area contributed by atoms with Crippen LogP contribution in [0.5, 0.6) is 23.0 Å². The number of aromatic hydroxyl groups is 2. The van der Waals surface area contributed by atoms with E-state index in [-0.39, 0.29) is 62.3 Å². The molecule has 0 radical (unpaired) electrons. The molecule has 1 aromatic heterocycles. The summed E-state index contributed by atoms with van der Waals surface area (Å²) in [6, 6.07) is 16.9. The van der Waals surface area contributed by atoms with Crippen LogP contribution in [0.4, 0.5) is 52.0 Å². The van der Waals surface area contributed by atoms with Crippen molar-refractivity contribution in [3.63, 3.8) is 0 Å². The van der Waals surface area contributed by atoms with Gasteiger partial charge in [0.05, 0.1) is 27.4 Å². The molecule has 6 aromatic carbocycles. The molecule has 0 bridgehead atoms. The van der Waals surface area contributed by atoms with Crippen LogP contribution in [0.2, 0.25) is 0 Å². The number of morpholine rings is 1. The number of nitrogens with zero attached hydrogens (tertiary/aromatic N) is 8. The fourth-order valence-corrected chi connectivity index (χ4v) is 9.71. The average Bonchev–Trinajstić information content (AvgIpc) is 3.32. The minimum absolute atomic E-state index is 0.00291. The van der Waals surface area contributed by atoms with Crippen LogP contribution in [0.15, 0.2) is 125 Å². The third-order valence-electron chi connectivity index (χ3n) is 10.5. The minimum atomic E-state index is -5.15. The molecule has 0 aliphatic carbocycles. The largest absolute Gasteiger partial charge is 0.505 e. The molecule has 8 N–H and O–H groups in total. The van der Waals surface area contributed by atoms with Crippen molar-refractivity contribution >= 4 is 114 Å². The van der Waals surface area contributed by atoms with E-state index in [2.05, 4.69) is 46.0 Å². The summed E-state index contributed by atoms with van der Waals surface area (Å²) < 4.78 is 154. The highest BCUT2D eigenvalue weighted by Crippen LogP contribution is 2.45. The summed E-state index contributed by atoms with van der Waals surface area (Å²) in [7, 11) is -17.6. The highest BCUT2D eigenvalue weighted by atomic mass is 32.2. The lowest BCUT2D eigenvalue weighted by molar-refractivity contribution is 0.122. The summed E-state index contributed by atoms with van der Waals surface area (Å²) >= 11 is 0. The van der Waals surface area contributed by atoms with Gasteiger partial charge in [-0.25, -0.2) is 0 Å². The van der Waals surface area contributed by atoms with Crippen molar-refractivity contribution in [1.82, 2.24) is 15.0 Å². The summed E-state index contributed by atoms with van der Waals surface area (Å²) in [4.78, 5) is 12.0. The molecule has 0 saturated carbocycles. The number of ether oxygens (including phenoxy) is 3. The lowest BCUT2D eigenvalue weighted by atomic mass is 10.1. The molecule has 7 aromatic rings. The Morgan fingerprint density at radius 2 is 0.931 bits per heavy atom. The Kier molecular flexibility index (Phi) is 13.7. The number of phenols is 2. The van der Waals surface area contributed by atoms with Crippen molar-refractivity contribution in [2.24, 2.45) is 20.5 Å². The predicted octanol–water partition coefficient (Wildman–Crippen LogP) is 6.75. The van der Waals surface area contributed by atoms with Crippen molar-refractivity contribution < 1.29 is 76.3 Å². The number of anilines is 5. The van der Waals surface area contributed by atoms with Gasteiger partial charge in [0.25, 0.3) is 40.5 Å². The second-order valence-electron chi connectivity index (χ2n) is 15.1. The van der Waals surface area contributed by atoms with E-state index in [0.29, 0.717) is 26.3 Å². The maximum absolute atomic E-state index is 12.7. The number of aromatic nitrogens is 3. The molecule has 1 fully saturated rings. The first-order chi connectivity index (χ1) is 33.9. The first kappa shape index (κ1) is 50.6. The normalized spacial score (nSPS) is 13.8. The Morgan fingerprint density at radius 3 is 1.31 bits per heavy atom. The second kappa shape index (κ2) is 19.5. The standard InChI is InChI=1S/C41H36N10O17S4/c1-66-25-5-9-29(31(19-25)69(54,55)56)47-49-35-33(71(60,61)62)17-21-15-23(3-7-27(21)37(35)52)42-39-44-40(46-41(45-39)51-11-13-68-14-12-51)43-24-4-8-28-22(16-24)18-34(72(63,64)65)36(38(28)53)50-48-30-10-6-26(67-2)20-32(30)70(57,58)59/h3-10,15-20,52-53H,11-14H2,1-2H3,(H,54,55,56)(H,57,58,59)(H,60,61,62)(H,63,64,65)(H2,42,43,44,45,46). The van der Waals surface area contributed by atoms with Gasteiger partial charge in [0, 0.05) is 47.4 Å². The van der Waals surface area contributed by atoms with Crippen molar-refractivity contribution in [2.45, 2.75) is 19.6 Å². The SMILES string of the molecule is COc1ccc(N=Nc2c(S(=O)(=O)O)cc3cc(Nc4nc(Nc5ccc6c(O)c(N=Nc7ccc(OC)cc7S(=O)(=O)O)c(S(=O)(=O)O)cc6c5)nc(N5CCOCC5)n4)ccc3c2O)c(S(=O)(=O)O)c1. The monoisotopic (exact) mass is 1070 g/mol. The van der Waals surface area contributed by atoms with Crippen LogP contribution in [0.25, 0.3) is 21.5 Å². The van der Waals surface area contributed by atoms with Crippen LogP contribution >= 0.6 is 0 Å². The van der Waals surface area contributed by atoms with Crippen LogP contribution in [0, 0.1) is 0 Å².